The third kappa shape index (κ3) is 4.53. The van der Waals surface area contributed by atoms with E-state index in [9.17, 15) is 27.6 Å². The molecule has 0 aliphatic carbocycles. The van der Waals surface area contributed by atoms with Crippen LogP contribution in [0.15, 0.2) is 24.3 Å². The number of carbonyl (C=O) groups excluding carboxylic acids is 4. The van der Waals surface area contributed by atoms with Crippen molar-refractivity contribution in [2.24, 2.45) is 0 Å². The zero-order valence-electron chi connectivity index (χ0n) is 16.9. The van der Waals surface area contributed by atoms with Crippen molar-refractivity contribution in [3.8, 4) is 0 Å². The number of hydrogen-bond donors (Lipinski definition) is 0. The Kier molecular flexibility index (Phi) is 6.25. The quantitative estimate of drug-likeness (QED) is 0.481. The smallest absolute Gasteiger partial charge is 0.338 e. The van der Waals surface area contributed by atoms with Crippen molar-refractivity contribution in [1.29, 1.82) is 0 Å². The molecule has 0 bridgehead atoms. The van der Waals surface area contributed by atoms with E-state index in [4.69, 9.17) is 4.74 Å². The summed E-state index contributed by atoms with van der Waals surface area (Å²) in [7, 11) is -3.16. The molecular weight excluding hydrogens is 412 g/mol. The molecule has 0 aromatic heterocycles. The number of sulfone groups is 1. The fraction of sp³-hybridized carbons (Fsp3) is 0.500. The van der Waals surface area contributed by atoms with Crippen molar-refractivity contribution in [1.82, 2.24) is 4.90 Å². The zero-order valence-corrected chi connectivity index (χ0v) is 17.7. The van der Waals surface area contributed by atoms with Crippen molar-refractivity contribution in [2.45, 2.75) is 45.3 Å². The van der Waals surface area contributed by atoms with Crippen molar-refractivity contribution in [2.75, 3.05) is 23.0 Å². The molecule has 9 nitrogen and oxygen atoms in total. The van der Waals surface area contributed by atoms with E-state index in [1.807, 2.05) is 0 Å². The molecule has 3 amide bonds. The minimum atomic E-state index is -3.16. The van der Waals surface area contributed by atoms with Crippen LogP contribution in [0, 0.1) is 0 Å². The second-order valence-corrected chi connectivity index (χ2v) is 9.63. The van der Waals surface area contributed by atoms with Gasteiger partial charge in [-0.15, -0.1) is 0 Å². The zero-order chi connectivity index (χ0) is 22.1. The Morgan fingerprint density at radius 3 is 2.47 bits per heavy atom. The molecule has 2 heterocycles. The second kappa shape index (κ2) is 8.55. The van der Waals surface area contributed by atoms with E-state index in [1.54, 1.807) is 13.0 Å². The number of hydrogen-bond acceptors (Lipinski definition) is 7. The maximum atomic E-state index is 12.8. The third-order valence-corrected chi connectivity index (χ3v) is 7.05. The summed E-state index contributed by atoms with van der Waals surface area (Å²) in [5, 5.41) is 0. The van der Waals surface area contributed by atoms with Gasteiger partial charge >= 0.3 is 5.97 Å². The topological polar surface area (TPSA) is 118 Å². The minimum absolute atomic E-state index is 0.0380. The summed E-state index contributed by atoms with van der Waals surface area (Å²) in [6, 6.07) is 5.49. The van der Waals surface area contributed by atoms with Gasteiger partial charge in [0.1, 0.15) is 0 Å². The van der Waals surface area contributed by atoms with E-state index in [0.29, 0.717) is 13.0 Å². The molecular formula is C20H24N2O7S. The predicted molar refractivity (Wildman–Crippen MR) is 107 cm³/mol. The average molecular weight is 436 g/mol. The Hall–Kier alpha value is -2.75. The Morgan fingerprint density at radius 2 is 1.90 bits per heavy atom. The molecule has 2 atom stereocenters. The molecule has 0 saturated carbocycles. The van der Waals surface area contributed by atoms with Gasteiger partial charge in [0.05, 0.1) is 22.8 Å². The van der Waals surface area contributed by atoms with E-state index in [2.05, 4.69) is 0 Å². The Bertz CT molecular complexity index is 973. The molecule has 2 aliphatic rings. The van der Waals surface area contributed by atoms with Gasteiger partial charge in [0.25, 0.3) is 5.91 Å². The molecule has 2 fully saturated rings. The van der Waals surface area contributed by atoms with Crippen molar-refractivity contribution >= 4 is 39.2 Å². The van der Waals surface area contributed by atoms with Crippen LogP contribution in [0.5, 0.6) is 0 Å². The first-order valence-corrected chi connectivity index (χ1v) is 11.6. The molecule has 1 aromatic carbocycles. The summed E-state index contributed by atoms with van der Waals surface area (Å²) in [6.07, 6.45) is -0.492. The van der Waals surface area contributed by atoms with Gasteiger partial charge in [-0.25, -0.2) is 13.2 Å². The predicted octanol–water partition coefficient (Wildman–Crippen LogP) is 0.921. The second-order valence-electron chi connectivity index (χ2n) is 7.40. The number of imide groups is 1. The summed E-state index contributed by atoms with van der Waals surface area (Å²) < 4.78 is 28.8. The summed E-state index contributed by atoms with van der Waals surface area (Å²) in [4.78, 5) is 51.6. The van der Waals surface area contributed by atoms with Crippen LogP contribution in [0.4, 0.5) is 5.69 Å². The van der Waals surface area contributed by atoms with Gasteiger partial charge in [-0.2, -0.15) is 0 Å². The van der Waals surface area contributed by atoms with Crippen LogP contribution in [-0.2, 0) is 29.0 Å². The van der Waals surface area contributed by atoms with Crippen LogP contribution in [-0.4, -0.2) is 67.2 Å². The van der Waals surface area contributed by atoms with Crippen LogP contribution in [0.25, 0.3) is 0 Å². The van der Waals surface area contributed by atoms with Crippen molar-refractivity contribution < 1.29 is 32.3 Å². The van der Waals surface area contributed by atoms with Gasteiger partial charge in [-0.1, -0.05) is 6.07 Å². The first kappa shape index (κ1) is 21.9. The molecule has 1 aromatic rings. The Balaban J connectivity index is 1.69. The monoisotopic (exact) mass is 436 g/mol. The third-order valence-electron chi connectivity index (χ3n) is 5.30. The van der Waals surface area contributed by atoms with E-state index in [0.717, 1.165) is 4.90 Å². The van der Waals surface area contributed by atoms with Gasteiger partial charge in [-0.3, -0.25) is 19.3 Å². The Morgan fingerprint density at radius 1 is 1.23 bits per heavy atom. The lowest BCUT2D eigenvalue weighted by atomic mass is 10.1. The highest BCUT2D eigenvalue weighted by Gasteiger charge is 2.36. The molecule has 0 N–H and O–H groups in total. The number of rotatable bonds is 6. The number of esters is 1. The average Bonchev–Trinajstić information content (AvgIpc) is 3.23. The van der Waals surface area contributed by atoms with Crippen LogP contribution in [0.3, 0.4) is 0 Å². The number of ether oxygens (including phenoxy) is 1. The highest BCUT2D eigenvalue weighted by molar-refractivity contribution is 7.91. The van der Waals surface area contributed by atoms with E-state index >= 15 is 0 Å². The molecule has 162 valence electrons. The lowest BCUT2D eigenvalue weighted by Crippen LogP contribution is -2.46. The molecule has 0 radical (unpaired) electrons. The normalized spacial score (nSPS) is 21.5. The highest BCUT2D eigenvalue weighted by atomic mass is 32.2. The highest BCUT2D eigenvalue weighted by Crippen LogP contribution is 2.24. The molecule has 3 rings (SSSR count). The number of carbonyl (C=O) groups is 4. The first-order valence-electron chi connectivity index (χ1n) is 9.80. The van der Waals surface area contributed by atoms with Gasteiger partial charge in [0, 0.05) is 25.4 Å². The van der Waals surface area contributed by atoms with Crippen LogP contribution >= 0.6 is 0 Å². The molecule has 10 heteroatoms. The first-order chi connectivity index (χ1) is 14.1. The maximum absolute atomic E-state index is 12.8. The standard InChI is InChI=1S/C20H24N2O7S/c1-3-21(16-9-10-30(27,28)12-16)19(25)13(2)29-20(26)14-5-4-6-15(11-14)22-17(23)7-8-18(22)24/h4-6,11,13,16H,3,7-10,12H2,1-2H3. The molecule has 2 unspecified atom stereocenters. The molecule has 2 saturated heterocycles. The van der Waals surface area contributed by atoms with E-state index in [-0.39, 0.29) is 47.4 Å². The number of benzene rings is 1. The van der Waals surface area contributed by atoms with Crippen LogP contribution in [0.2, 0.25) is 0 Å². The fourth-order valence-corrected chi connectivity index (χ4v) is 5.49. The molecule has 2 aliphatic heterocycles. The van der Waals surface area contributed by atoms with Crippen molar-refractivity contribution in [3.05, 3.63) is 29.8 Å². The van der Waals surface area contributed by atoms with Crippen LogP contribution in [0.1, 0.15) is 43.5 Å². The number of likely N-dealkylation sites (N-methyl/N-ethyl adjacent to an activating group) is 1. The van der Waals surface area contributed by atoms with Gasteiger partial charge in [-0.05, 0) is 38.5 Å². The minimum Gasteiger partial charge on any atom is -0.449 e. The number of amides is 3. The summed E-state index contributed by atoms with van der Waals surface area (Å²) >= 11 is 0. The lowest BCUT2D eigenvalue weighted by Gasteiger charge is -2.29. The molecule has 30 heavy (non-hydrogen) atoms. The summed E-state index contributed by atoms with van der Waals surface area (Å²) in [5.74, 6) is -1.96. The lowest BCUT2D eigenvalue weighted by molar-refractivity contribution is -0.141. The van der Waals surface area contributed by atoms with Crippen molar-refractivity contribution in [3.63, 3.8) is 0 Å². The maximum Gasteiger partial charge on any atom is 0.338 e. The van der Waals surface area contributed by atoms with Crippen LogP contribution < -0.4 is 4.90 Å². The SMILES string of the molecule is CCN(C(=O)C(C)OC(=O)c1cccc(N2C(=O)CCC2=O)c1)C1CCS(=O)(=O)C1. The van der Waals surface area contributed by atoms with E-state index in [1.165, 1.54) is 30.0 Å². The number of anilines is 1. The van der Waals surface area contributed by atoms with Gasteiger partial charge in [0.15, 0.2) is 15.9 Å². The van der Waals surface area contributed by atoms with Gasteiger partial charge in [0.2, 0.25) is 11.8 Å². The van der Waals surface area contributed by atoms with E-state index < -0.39 is 33.9 Å². The Labute approximate surface area is 174 Å². The largest absolute Gasteiger partial charge is 0.449 e. The summed E-state index contributed by atoms with van der Waals surface area (Å²) in [5.41, 5.74) is 0.383. The summed E-state index contributed by atoms with van der Waals surface area (Å²) in [6.45, 7) is 3.48. The molecule has 0 spiro atoms. The fourth-order valence-electron chi connectivity index (χ4n) is 3.76. The number of nitrogens with zero attached hydrogens (tertiary/aromatic N) is 2. The van der Waals surface area contributed by atoms with Gasteiger partial charge < -0.3 is 9.64 Å².